The van der Waals surface area contributed by atoms with Crippen molar-refractivity contribution in [1.29, 1.82) is 0 Å². The van der Waals surface area contributed by atoms with E-state index in [-0.39, 0.29) is 39.4 Å². The van der Waals surface area contributed by atoms with E-state index in [1.54, 1.807) is 11.8 Å². The molecule has 3 aliphatic rings. The number of ether oxygens (including phenoxy) is 1. The van der Waals surface area contributed by atoms with Crippen LogP contribution in [0.4, 0.5) is 0 Å². The molecule has 0 aromatic carbocycles. The Morgan fingerprint density at radius 3 is 2.15 bits per heavy atom. The number of aliphatic hydroxyl groups is 1. The number of aliphatic hydroxyl groups excluding tert-OH is 1. The zero-order valence-corrected chi connectivity index (χ0v) is 35.6. The van der Waals surface area contributed by atoms with E-state index in [2.05, 4.69) is 93.7 Å². The first-order valence-electron chi connectivity index (χ1n) is 18.2. The minimum atomic E-state index is -2.28. The highest BCUT2D eigenvalue weighted by molar-refractivity contribution is 8.01. The quantitative estimate of drug-likeness (QED) is 0.146. The Morgan fingerprint density at radius 2 is 1.62 bits per heavy atom. The van der Waals surface area contributed by atoms with Gasteiger partial charge in [0.2, 0.25) is 0 Å². The molecule has 47 heavy (non-hydrogen) atoms. The van der Waals surface area contributed by atoms with Crippen molar-refractivity contribution in [3.63, 3.8) is 0 Å². The molecule has 0 spiro atoms. The maximum atomic E-state index is 13.2. The van der Waals surface area contributed by atoms with E-state index in [9.17, 15) is 9.90 Å². The lowest BCUT2D eigenvalue weighted by Gasteiger charge is -2.51. The van der Waals surface area contributed by atoms with Gasteiger partial charge in [0.1, 0.15) is 10.5 Å². The van der Waals surface area contributed by atoms with E-state index < -0.39 is 27.2 Å². The Morgan fingerprint density at radius 1 is 1.02 bits per heavy atom. The standard InChI is InChI=1S/C39H70O5SSi2/c1-17-30-32(40)23-31-28(19-18-22-38(30,31)12)20-21-29-24-39(44-47(15,16)37(9,10)11,45-26-34(41)42-35(3,4)5)25-33(27(29)2)43-46(13,14)36(6,7)8/h20-21,30-33,40H,2,17-19,22-26H2,1,3-16H3/t30-,31-,32?,33?,38+,39-/m0/s1. The Kier molecular flexibility index (Phi) is 12.3. The number of thioether (sulfide) groups is 1. The van der Waals surface area contributed by atoms with Gasteiger partial charge in [-0.15, -0.1) is 11.8 Å². The molecular weight excluding hydrogens is 637 g/mol. The SMILES string of the molecule is C=C1C(=CC=C2CCC[C@@]3(C)[C@H]2CC(O)[C@@H]3CC)C[C@](O[Si](C)(C)C(C)(C)C)(SCC(=O)OC(C)(C)C)CC1O[Si](C)(C)C(C)(C)C. The van der Waals surface area contributed by atoms with Crippen LogP contribution in [-0.4, -0.2) is 56.2 Å². The molecule has 3 rings (SSSR count). The van der Waals surface area contributed by atoms with Crippen LogP contribution < -0.4 is 0 Å². The van der Waals surface area contributed by atoms with Crippen molar-refractivity contribution < 1.29 is 23.5 Å². The first-order valence-corrected chi connectivity index (χ1v) is 25.0. The Balaban J connectivity index is 2.12. The lowest BCUT2D eigenvalue weighted by molar-refractivity contribution is -0.151. The van der Waals surface area contributed by atoms with Crippen LogP contribution in [0.3, 0.4) is 0 Å². The summed E-state index contributed by atoms with van der Waals surface area (Å²) in [6.07, 6.45) is 10.8. The highest BCUT2D eigenvalue weighted by Crippen LogP contribution is 2.58. The lowest BCUT2D eigenvalue weighted by Crippen LogP contribution is -2.54. The number of esters is 1. The topological polar surface area (TPSA) is 65.0 Å². The van der Waals surface area contributed by atoms with Gasteiger partial charge in [-0.2, -0.15) is 0 Å². The molecule has 0 amide bonds. The average Bonchev–Trinajstić information content (AvgIpc) is 3.15. The fourth-order valence-corrected chi connectivity index (χ4v) is 12.1. The van der Waals surface area contributed by atoms with E-state index in [1.165, 1.54) is 12.0 Å². The van der Waals surface area contributed by atoms with Gasteiger partial charge in [-0.1, -0.05) is 86.1 Å². The number of allylic oxidation sites excluding steroid dienone is 3. The summed E-state index contributed by atoms with van der Waals surface area (Å²) < 4.78 is 20.4. The van der Waals surface area contributed by atoms with Crippen LogP contribution in [-0.2, 0) is 18.4 Å². The second-order valence-corrected chi connectivity index (χ2v) is 29.9. The minimum absolute atomic E-state index is 0.00570. The van der Waals surface area contributed by atoms with Crippen LogP contribution in [0.2, 0.25) is 36.3 Å². The predicted molar refractivity (Wildman–Crippen MR) is 206 cm³/mol. The van der Waals surface area contributed by atoms with Gasteiger partial charge in [-0.3, -0.25) is 4.79 Å². The van der Waals surface area contributed by atoms with Crippen molar-refractivity contribution in [2.45, 2.75) is 180 Å². The van der Waals surface area contributed by atoms with Gasteiger partial charge >= 0.3 is 5.97 Å². The zero-order chi connectivity index (χ0) is 36.0. The van der Waals surface area contributed by atoms with Crippen LogP contribution in [0.15, 0.2) is 35.5 Å². The van der Waals surface area contributed by atoms with Crippen LogP contribution in [0, 0.1) is 17.3 Å². The summed E-state index contributed by atoms with van der Waals surface area (Å²) in [5.41, 5.74) is 3.25. The Labute approximate surface area is 295 Å². The zero-order valence-electron chi connectivity index (χ0n) is 32.8. The minimum Gasteiger partial charge on any atom is -0.459 e. The number of hydrogen-bond acceptors (Lipinski definition) is 6. The molecule has 6 atom stereocenters. The highest BCUT2D eigenvalue weighted by Gasteiger charge is 2.53. The molecule has 3 fully saturated rings. The molecule has 0 aromatic rings. The molecule has 270 valence electrons. The second kappa shape index (κ2) is 14.2. The van der Waals surface area contributed by atoms with Gasteiger partial charge in [0.25, 0.3) is 0 Å². The summed E-state index contributed by atoms with van der Waals surface area (Å²) in [5.74, 6) is 0.757. The first-order chi connectivity index (χ1) is 21.2. The summed E-state index contributed by atoms with van der Waals surface area (Å²) in [6, 6.07) is 0. The molecule has 0 radical (unpaired) electrons. The van der Waals surface area contributed by atoms with E-state index >= 15 is 0 Å². The molecule has 0 aromatic heterocycles. The molecule has 0 aliphatic heterocycles. The van der Waals surface area contributed by atoms with Crippen molar-refractivity contribution in [2.75, 3.05) is 5.75 Å². The van der Waals surface area contributed by atoms with Crippen LogP contribution in [0.25, 0.3) is 0 Å². The third-order valence-electron chi connectivity index (χ3n) is 12.3. The number of fused-ring (bicyclic) bond motifs is 1. The third-order valence-corrected chi connectivity index (χ3v) is 22.7. The fraction of sp³-hybridized carbons (Fsp3) is 0.821. The molecule has 1 N–H and O–H groups in total. The molecule has 0 bridgehead atoms. The van der Waals surface area contributed by atoms with Crippen molar-refractivity contribution in [3.05, 3.63) is 35.5 Å². The van der Waals surface area contributed by atoms with Crippen LogP contribution in [0.1, 0.15) is 121 Å². The number of carbonyl (C=O) groups excluding carboxylic acids is 1. The van der Waals surface area contributed by atoms with Gasteiger partial charge in [0.15, 0.2) is 16.6 Å². The summed E-state index contributed by atoms with van der Waals surface area (Å²) >= 11 is 1.60. The van der Waals surface area contributed by atoms with E-state index in [0.717, 1.165) is 36.8 Å². The highest BCUT2D eigenvalue weighted by atomic mass is 32.2. The Hall–Kier alpha value is -0.646. The maximum Gasteiger partial charge on any atom is 0.316 e. The molecule has 0 heterocycles. The third kappa shape index (κ3) is 9.38. The smallest absolute Gasteiger partial charge is 0.316 e. The lowest BCUT2D eigenvalue weighted by atomic mass is 9.63. The van der Waals surface area contributed by atoms with Gasteiger partial charge in [-0.25, -0.2) is 0 Å². The molecule has 3 saturated carbocycles. The van der Waals surface area contributed by atoms with Crippen molar-refractivity contribution in [2.24, 2.45) is 17.3 Å². The van der Waals surface area contributed by atoms with E-state index in [0.29, 0.717) is 24.7 Å². The molecule has 8 heteroatoms. The number of carbonyl (C=O) groups is 1. The monoisotopic (exact) mass is 706 g/mol. The first kappa shape index (κ1) is 40.8. The summed E-state index contributed by atoms with van der Waals surface area (Å²) in [7, 11) is -4.46. The summed E-state index contributed by atoms with van der Waals surface area (Å²) in [4.78, 5) is 12.5. The van der Waals surface area contributed by atoms with Gasteiger partial charge in [0.05, 0.1) is 18.0 Å². The number of hydrogen-bond donors (Lipinski definition) is 1. The normalized spacial score (nSPS) is 33.0. The van der Waals surface area contributed by atoms with Crippen LogP contribution in [0.5, 0.6) is 0 Å². The molecule has 0 saturated heterocycles. The summed E-state index contributed by atoms with van der Waals surface area (Å²) in [6.45, 7) is 38.0. The molecular formula is C39H70O5SSi2. The predicted octanol–water partition coefficient (Wildman–Crippen LogP) is 11.0. The summed E-state index contributed by atoms with van der Waals surface area (Å²) in [5, 5.41) is 11.1. The Bertz CT molecular complexity index is 1220. The van der Waals surface area contributed by atoms with Gasteiger partial charge in [-0.05, 0) is 111 Å². The molecule has 5 nitrogen and oxygen atoms in total. The van der Waals surface area contributed by atoms with E-state index in [4.69, 9.17) is 20.2 Å². The van der Waals surface area contributed by atoms with Crippen LogP contribution >= 0.6 is 11.8 Å². The average molecular weight is 707 g/mol. The van der Waals surface area contributed by atoms with Crippen molar-refractivity contribution in [3.8, 4) is 0 Å². The van der Waals surface area contributed by atoms with Crippen molar-refractivity contribution in [1.82, 2.24) is 0 Å². The molecule has 2 unspecified atom stereocenters. The second-order valence-electron chi connectivity index (χ2n) is 19.1. The number of rotatable bonds is 9. The van der Waals surface area contributed by atoms with Gasteiger partial charge in [0, 0.05) is 12.8 Å². The maximum absolute atomic E-state index is 13.2. The largest absolute Gasteiger partial charge is 0.459 e. The molecule has 3 aliphatic carbocycles. The van der Waals surface area contributed by atoms with E-state index in [1.807, 2.05) is 20.8 Å². The van der Waals surface area contributed by atoms with Gasteiger partial charge < -0.3 is 18.7 Å². The van der Waals surface area contributed by atoms with Crippen molar-refractivity contribution >= 4 is 34.4 Å². The fourth-order valence-electron chi connectivity index (χ4n) is 7.60.